The van der Waals surface area contributed by atoms with Crippen molar-refractivity contribution in [2.75, 3.05) is 5.38 Å². The fraction of sp³-hybridized carbons (Fsp3) is 0.385. The van der Waals surface area contributed by atoms with Gasteiger partial charge < -0.3 is 0 Å². The number of aromatic nitrogens is 2. The Labute approximate surface area is 113 Å². The lowest BCUT2D eigenvalue weighted by Gasteiger charge is -2.15. The molecule has 94 valence electrons. The summed E-state index contributed by atoms with van der Waals surface area (Å²) in [6, 6.07) is 8.26. The van der Waals surface area contributed by atoms with Gasteiger partial charge in [-0.05, 0) is 17.5 Å². The van der Waals surface area contributed by atoms with E-state index < -0.39 is 8.07 Å². The van der Waals surface area contributed by atoms with Gasteiger partial charge in [0.1, 0.15) is 6.07 Å². The number of aryl methyl sites for hydroxylation is 1. The van der Waals surface area contributed by atoms with E-state index in [1.54, 1.807) is 0 Å². The molecule has 0 saturated carbocycles. The van der Waals surface area contributed by atoms with Crippen molar-refractivity contribution >= 4 is 30.7 Å². The second-order valence-electron chi connectivity index (χ2n) is 5.59. The first-order valence-electron chi connectivity index (χ1n) is 5.91. The van der Waals surface area contributed by atoms with E-state index in [4.69, 9.17) is 5.26 Å². The van der Waals surface area contributed by atoms with Crippen molar-refractivity contribution < 1.29 is 0 Å². The molecule has 0 N–H and O–H groups in total. The van der Waals surface area contributed by atoms with Crippen LogP contribution in [-0.4, -0.2) is 23.2 Å². The summed E-state index contributed by atoms with van der Waals surface area (Å²) in [5.74, 6) is 0. The van der Waals surface area contributed by atoms with Crippen molar-refractivity contribution in [1.82, 2.24) is 9.78 Å². The number of hydrogen-bond donors (Lipinski definition) is 0. The molecule has 0 amide bonds. The van der Waals surface area contributed by atoms with Crippen molar-refractivity contribution in [2.24, 2.45) is 7.05 Å². The van der Waals surface area contributed by atoms with Gasteiger partial charge in [-0.2, -0.15) is 10.4 Å². The average Bonchev–Trinajstić information content (AvgIpc) is 2.63. The van der Waals surface area contributed by atoms with E-state index in [1.165, 1.54) is 10.3 Å². The molecule has 5 heteroatoms. The monoisotopic (exact) mass is 275 g/mol. The minimum Gasteiger partial charge on any atom is -0.265 e. The second kappa shape index (κ2) is 4.79. The number of hydrogen-bond acceptors (Lipinski definition) is 3. The highest BCUT2D eigenvalue weighted by Crippen LogP contribution is 2.30. The maximum absolute atomic E-state index is 9.07. The van der Waals surface area contributed by atoms with Crippen LogP contribution in [-0.2, 0) is 7.05 Å². The van der Waals surface area contributed by atoms with Crippen LogP contribution in [0.15, 0.2) is 23.1 Å². The zero-order valence-corrected chi connectivity index (χ0v) is 13.0. The quantitative estimate of drug-likeness (QED) is 0.636. The first-order valence-corrected chi connectivity index (χ1v) is 10.6. The molecule has 18 heavy (non-hydrogen) atoms. The number of thioether (sulfide) groups is 1. The van der Waals surface area contributed by atoms with Crippen LogP contribution < -0.4 is 0 Å². The Hall–Kier alpha value is -1.25. The van der Waals surface area contributed by atoms with Crippen molar-refractivity contribution in [2.45, 2.75) is 24.5 Å². The standard InChI is InChI=1S/C13H17N3SSi/c1-16-13-10(11(8-14)15-16)6-5-7-12(13)17-9-18(2,3)4/h5-7H,9H2,1-4H3. The fourth-order valence-corrected chi connectivity index (χ4v) is 4.70. The summed E-state index contributed by atoms with van der Waals surface area (Å²) in [5.41, 5.74) is 1.60. The molecule has 0 radical (unpaired) electrons. The predicted molar refractivity (Wildman–Crippen MR) is 79.5 cm³/mol. The van der Waals surface area contributed by atoms with Gasteiger partial charge >= 0.3 is 0 Å². The molecule has 1 aromatic carbocycles. The molecule has 0 bridgehead atoms. The van der Waals surface area contributed by atoms with Crippen LogP contribution in [0.4, 0.5) is 0 Å². The third kappa shape index (κ3) is 2.60. The highest BCUT2D eigenvalue weighted by atomic mass is 32.2. The van der Waals surface area contributed by atoms with Crippen LogP contribution in [0.2, 0.25) is 19.6 Å². The van der Waals surface area contributed by atoms with Gasteiger partial charge in [-0.25, -0.2) is 0 Å². The molecule has 1 heterocycles. The molecular weight excluding hydrogens is 258 g/mol. The van der Waals surface area contributed by atoms with Crippen molar-refractivity contribution in [3.8, 4) is 6.07 Å². The Morgan fingerprint density at radius 2 is 2.11 bits per heavy atom. The van der Waals surface area contributed by atoms with E-state index in [0.29, 0.717) is 5.69 Å². The van der Waals surface area contributed by atoms with Crippen LogP contribution in [0.5, 0.6) is 0 Å². The van der Waals surface area contributed by atoms with E-state index in [-0.39, 0.29) is 0 Å². The number of rotatable bonds is 3. The number of nitrogens with zero attached hydrogens (tertiary/aromatic N) is 3. The molecule has 2 rings (SSSR count). The summed E-state index contributed by atoms with van der Waals surface area (Å²) >= 11 is 1.89. The van der Waals surface area contributed by atoms with Crippen LogP contribution in [0, 0.1) is 11.3 Å². The SMILES string of the molecule is Cn1nc(C#N)c2cccc(SC[Si](C)(C)C)c21. The zero-order valence-electron chi connectivity index (χ0n) is 11.2. The third-order valence-corrected chi connectivity index (χ3v) is 7.28. The van der Waals surface area contributed by atoms with E-state index >= 15 is 0 Å². The number of para-hydroxylation sites is 1. The summed E-state index contributed by atoms with van der Waals surface area (Å²) in [6.45, 7) is 7.10. The van der Waals surface area contributed by atoms with Gasteiger partial charge in [-0.3, -0.25) is 4.68 Å². The number of benzene rings is 1. The van der Waals surface area contributed by atoms with Crippen LogP contribution >= 0.6 is 11.8 Å². The number of fused-ring (bicyclic) bond motifs is 1. The van der Waals surface area contributed by atoms with Gasteiger partial charge in [0.05, 0.1) is 13.6 Å². The smallest absolute Gasteiger partial charge is 0.170 e. The normalized spacial score (nSPS) is 11.7. The van der Waals surface area contributed by atoms with Crippen LogP contribution in [0.3, 0.4) is 0 Å². The summed E-state index contributed by atoms with van der Waals surface area (Å²) in [7, 11) is 0.827. The van der Waals surface area contributed by atoms with Gasteiger partial charge in [0.25, 0.3) is 0 Å². The molecule has 0 unspecified atom stereocenters. The van der Waals surface area contributed by atoms with Gasteiger partial charge in [0, 0.05) is 17.3 Å². The zero-order chi connectivity index (χ0) is 13.3. The maximum Gasteiger partial charge on any atom is 0.170 e. The largest absolute Gasteiger partial charge is 0.265 e. The topological polar surface area (TPSA) is 41.6 Å². The van der Waals surface area contributed by atoms with Crippen molar-refractivity contribution in [1.29, 1.82) is 5.26 Å². The lowest BCUT2D eigenvalue weighted by molar-refractivity contribution is 0.786. The minimum absolute atomic E-state index is 0.517. The molecule has 0 fully saturated rings. The summed E-state index contributed by atoms with van der Waals surface area (Å²) in [5, 5.41) is 15.5. The molecule has 0 aliphatic carbocycles. The lowest BCUT2D eigenvalue weighted by Crippen LogP contribution is -2.23. The molecule has 0 saturated heterocycles. The summed E-state index contributed by atoms with van der Waals surface area (Å²) in [6.07, 6.45) is 0. The van der Waals surface area contributed by atoms with E-state index in [1.807, 2.05) is 35.6 Å². The van der Waals surface area contributed by atoms with Crippen LogP contribution in [0.25, 0.3) is 10.9 Å². The molecule has 3 nitrogen and oxygen atoms in total. The second-order valence-corrected chi connectivity index (χ2v) is 12.6. The molecule has 2 aromatic rings. The predicted octanol–water partition coefficient (Wildman–Crippen LogP) is 3.41. The Balaban J connectivity index is 2.46. The van der Waals surface area contributed by atoms with Crippen molar-refractivity contribution in [3.63, 3.8) is 0 Å². The molecule has 0 spiro atoms. The molecule has 0 aliphatic rings. The Kier molecular flexibility index (Phi) is 3.51. The average molecular weight is 275 g/mol. The minimum atomic E-state index is -1.08. The Morgan fingerprint density at radius 1 is 1.39 bits per heavy atom. The molecular formula is C13H17N3SSi. The highest BCUT2D eigenvalue weighted by Gasteiger charge is 2.16. The van der Waals surface area contributed by atoms with Gasteiger partial charge in [-0.15, -0.1) is 11.8 Å². The first-order chi connectivity index (χ1) is 8.42. The van der Waals surface area contributed by atoms with Crippen molar-refractivity contribution in [3.05, 3.63) is 23.9 Å². The summed E-state index contributed by atoms with van der Waals surface area (Å²) < 4.78 is 1.82. The Morgan fingerprint density at radius 3 is 2.72 bits per heavy atom. The molecule has 0 atom stereocenters. The van der Waals surface area contributed by atoms with Gasteiger partial charge in [-0.1, -0.05) is 25.7 Å². The van der Waals surface area contributed by atoms with Crippen LogP contribution in [0.1, 0.15) is 5.69 Å². The highest BCUT2D eigenvalue weighted by molar-refractivity contribution is 8.01. The fourth-order valence-electron chi connectivity index (χ4n) is 1.79. The van der Waals surface area contributed by atoms with E-state index in [9.17, 15) is 0 Å². The third-order valence-electron chi connectivity index (χ3n) is 2.59. The van der Waals surface area contributed by atoms with Gasteiger partial charge in [0.2, 0.25) is 0 Å². The Bertz CT molecular complexity index is 619. The van der Waals surface area contributed by atoms with E-state index in [2.05, 4.69) is 36.9 Å². The lowest BCUT2D eigenvalue weighted by atomic mass is 10.2. The van der Waals surface area contributed by atoms with Gasteiger partial charge in [0.15, 0.2) is 5.69 Å². The molecule has 1 aromatic heterocycles. The maximum atomic E-state index is 9.07. The van der Waals surface area contributed by atoms with E-state index in [0.717, 1.165) is 10.9 Å². The first kappa shape index (κ1) is 13.2. The number of nitriles is 1. The summed E-state index contributed by atoms with van der Waals surface area (Å²) in [4.78, 5) is 1.23. The molecule has 0 aliphatic heterocycles.